The Hall–Kier alpha value is -3.51. The van der Waals surface area contributed by atoms with E-state index in [9.17, 15) is 14.7 Å². The van der Waals surface area contributed by atoms with E-state index < -0.39 is 17.7 Å². The van der Waals surface area contributed by atoms with Crippen molar-refractivity contribution in [1.82, 2.24) is 4.90 Å². The minimum Gasteiger partial charge on any atom is -0.507 e. The number of ketones is 1. The predicted molar refractivity (Wildman–Crippen MR) is 111 cm³/mol. The zero-order valence-corrected chi connectivity index (χ0v) is 16.8. The molecule has 1 aromatic heterocycles. The minimum atomic E-state index is -0.781. The van der Waals surface area contributed by atoms with E-state index in [1.165, 1.54) is 11.2 Å². The van der Waals surface area contributed by atoms with E-state index in [2.05, 4.69) is 0 Å². The standard InChI is InChI=1S/C23H18ClNO5/c1-29-17-10-6-14(7-11-17)20-19(21(26)15-4-8-16(24)9-5-15)22(27)23(28)25(20)13-18-3-2-12-30-18/h2-12,20,26H,13H2,1H3/b21-19+. The van der Waals surface area contributed by atoms with Gasteiger partial charge in [0, 0.05) is 10.6 Å². The van der Waals surface area contributed by atoms with E-state index >= 15 is 0 Å². The van der Waals surface area contributed by atoms with Gasteiger partial charge in [-0.1, -0.05) is 23.7 Å². The summed E-state index contributed by atoms with van der Waals surface area (Å²) in [6.07, 6.45) is 1.50. The fourth-order valence-electron chi connectivity index (χ4n) is 3.51. The monoisotopic (exact) mass is 423 g/mol. The van der Waals surface area contributed by atoms with Gasteiger partial charge in [0.2, 0.25) is 0 Å². The van der Waals surface area contributed by atoms with E-state index in [1.54, 1.807) is 67.8 Å². The highest BCUT2D eigenvalue weighted by Gasteiger charge is 2.46. The van der Waals surface area contributed by atoms with E-state index in [4.69, 9.17) is 20.8 Å². The molecular weight excluding hydrogens is 406 g/mol. The van der Waals surface area contributed by atoms with Crippen LogP contribution in [0.2, 0.25) is 5.02 Å². The van der Waals surface area contributed by atoms with Crippen molar-refractivity contribution in [2.45, 2.75) is 12.6 Å². The van der Waals surface area contributed by atoms with E-state index in [1.807, 2.05) is 0 Å². The lowest BCUT2D eigenvalue weighted by molar-refractivity contribution is -0.140. The molecule has 0 saturated carbocycles. The van der Waals surface area contributed by atoms with Crippen LogP contribution in [0.4, 0.5) is 0 Å². The molecule has 0 radical (unpaired) electrons. The molecule has 2 aromatic carbocycles. The van der Waals surface area contributed by atoms with Crippen molar-refractivity contribution in [1.29, 1.82) is 0 Å². The van der Waals surface area contributed by atoms with Crippen molar-refractivity contribution >= 4 is 29.1 Å². The van der Waals surface area contributed by atoms with Crippen LogP contribution < -0.4 is 4.74 Å². The van der Waals surface area contributed by atoms with Crippen LogP contribution >= 0.6 is 11.6 Å². The summed E-state index contributed by atoms with van der Waals surface area (Å²) in [5, 5.41) is 11.5. The van der Waals surface area contributed by atoms with Crippen LogP contribution in [0.15, 0.2) is 76.9 Å². The van der Waals surface area contributed by atoms with Crippen molar-refractivity contribution in [3.8, 4) is 5.75 Å². The molecule has 0 spiro atoms. The number of hydrogen-bond acceptors (Lipinski definition) is 5. The number of hydrogen-bond donors (Lipinski definition) is 1. The average molecular weight is 424 g/mol. The highest BCUT2D eigenvalue weighted by Crippen LogP contribution is 2.40. The first-order valence-corrected chi connectivity index (χ1v) is 9.58. The van der Waals surface area contributed by atoms with Gasteiger partial charge in [0.25, 0.3) is 11.7 Å². The number of benzene rings is 2. The number of carbonyl (C=O) groups is 2. The molecule has 1 aliphatic heterocycles. The van der Waals surface area contributed by atoms with Crippen LogP contribution in [-0.4, -0.2) is 28.8 Å². The highest BCUT2D eigenvalue weighted by atomic mass is 35.5. The Morgan fingerprint density at radius 3 is 2.40 bits per heavy atom. The normalized spacial score (nSPS) is 18.1. The number of nitrogens with zero attached hydrogens (tertiary/aromatic N) is 1. The second-order valence-electron chi connectivity index (χ2n) is 6.79. The predicted octanol–water partition coefficient (Wildman–Crippen LogP) is 4.56. The van der Waals surface area contributed by atoms with Crippen molar-refractivity contribution in [2.24, 2.45) is 0 Å². The number of methoxy groups -OCH3 is 1. The van der Waals surface area contributed by atoms with Crippen molar-refractivity contribution < 1.29 is 23.8 Å². The summed E-state index contributed by atoms with van der Waals surface area (Å²) in [7, 11) is 1.55. The molecule has 0 bridgehead atoms. The van der Waals surface area contributed by atoms with Crippen LogP contribution in [0.1, 0.15) is 22.9 Å². The molecule has 1 fully saturated rings. The summed E-state index contributed by atoms with van der Waals surface area (Å²) < 4.78 is 10.6. The number of Topliss-reactive ketones (excluding diaryl/α,β-unsaturated/α-hetero) is 1. The number of amides is 1. The topological polar surface area (TPSA) is 80.0 Å². The lowest BCUT2D eigenvalue weighted by atomic mass is 9.95. The van der Waals surface area contributed by atoms with Gasteiger partial charge < -0.3 is 19.2 Å². The second-order valence-corrected chi connectivity index (χ2v) is 7.22. The SMILES string of the molecule is COc1ccc(C2/C(=C(\O)c3ccc(Cl)cc3)C(=O)C(=O)N2Cc2ccco2)cc1. The highest BCUT2D eigenvalue weighted by molar-refractivity contribution is 6.46. The molecule has 1 saturated heterocycles. The molecule has 30 heavy (non-hydrogen) atoms. The summed E-state index contributed by atoms with van der Waals surface area (Å²) in [5.74, 6) is -0.549. The summed E-state index contributed by atoms with van der Waals surface area (Å²) in [4.78, 5) is 27.2. The largest absolute Gasteiger partial charge is 0.507 e. The number of likely N-dealkylation sites (tertiary alicyclic amines) is 1. The molecule has 3 aromatic rings. The van der Waals surface area contributed by atoms with Crippen LogP contribution in [-0.2, 0) is 16.1 Å². The fourth-order valence-corrected chi connectivity index (χ4v) is 3.64. The summed E-state index contributed by atoms with van der Waals surface area (Å²) in [6.45, 7) is 0.0890. The number of aliphatic hydroxyl groups is 1. The quantitative estimate of drug-likeness (QED) is 0.369. The zero-order chi connectivity index (χ0) is 21.3. The smallest absolute Gasteiger partial charge is 0.296 e. The number of rotatable bonds is 5. The summed E-state index contributed by atoms with van der Waals surface area (Å²) >= 11 is 5.93. The van der Waals surface area contributed by atoms with E-state index in [0.717, 1.165) is 0 Å². The van der Waals surface area contributed by atoms with Gasteiger partial charge in [-0.15, -0.1) is 0 Å². The number of halogens is 1. The lowest BCUT2D eigenvalue weighted by Gasteiger charge is -2.24. The molecule has 7 heteroatoms. The molecule has 1 N–H and O–H groups in total. The maximum atomic E-state index is 12.9. The van der Waals surface area contributed by atoms with Crippen molar-refractivity contribution in [2.75, 3.05) is 7.11 Å². The van der Waals surface area contributed by atoms with Crippen molar-refractivity contribution in [3.63, 3.8) is 0 Å². The first-order chi connectivity index (χ1) is 14.5. The summed E-state index contributed by atoms with van der Waals surface area (Å²) in [6, 6.07) is 16.1. The van der Waals surface area contributed by atoms with Gasteiger partial charge in [0.05, 0.1) is 31.5 Å². The van der Waals surface area contributed by atoms with Gasteiger partial charge in [0.15, 0.2) is 0 Å². The van der Waals surface area contributed by atoms with E-state index in [-0.39, 0.29) is 17.9 Å². The molecule has 6 nitrogen and oxygen atoms in total. The maximum Gasteiger partial charge on any atom is 0.296 e. The van der Waals surface area contributed by atoms with Gasteiger partial charge in [-0.25, -0.2) is 0 Å². The minimum absolute atomic E-state index is 0.0130. The third-order valence-electron chi connectivity index (χ3n) is 5.00. The molecule has 1 aliphatic rings. The number of furan rings is 1. The van der Waals surface area contributed by atoms with Gasteiger partial charge >= 0.3 is 0 Å². The molecule has 1 amide bonds. The number of ether oxygens (including phenoxy) is 1. The van der Waals surface area contributed by atoms with Crippen LogP contribution in [0.5, 0.6) is 5.75 Å². The average Bonchev–Trinajstić information content (AvgIpc) is 3.36. The van der Waals surface area contributed by atoms with Gasteiger partial charge in [-0.2, -0.15) is 0 Å². The molecule has 2 heterocycles. The number of carbonyl (C=O) groups excluding carboxylic acids is 2. The third-order valence-corrected chi connectivity index (χ3v) is 5.25. The molecular formula is C23H18ClNO5. The Balaban J connectivity index is 1.85. The Labute approximate surface area is 177 Å². The Morgan fingerprint density at radius 2 is 1.80 bits per heavy atom. The third kappa shape index (κ3) is 3.57. The lowest BCUT2D eigenvalue weighted by Crippen LogP contribution is -2.29. The van der Waals surface area contributed by atoms with Gasteiger partial charge in [-0.05, 0) is 54.1 Å². The molecule has 152 valence electrons. The molecule has 4 rings (SSSR count). The first kappa shape index (κ1) is 19.8. The Bertz CT molecular complexity index is 1100. The zero-order valence-electron chi connectivity index (χ0n) is 16.0. The van der Waals surface area contributed by atoms with Crippen LogP contribution in [0.3, 0.4) is 0 Å². The van der Waals surface area contributed by atoms with E-state index in [0.29, 0.717) is 27.7 Å². The summed E-state index contributed by atoms with van der Waals surface area (Å²) in [5.41, 5.74) is 1.07. The van der Waals surface area contributed by atoms with Crippen LogP contribution in [0.25, 0.3) is 5.76 Å². The second kappa shape index (κ2) is 8.08. The van der Waals surface area contributed by atoms with Gasteiger partial charge in [-0.3, -0.25) is 9.59 Å². The van der Waals surface area contributed by atoms with Crippen molar-refractivity contribution in [3.05, 3.63) is 94.4 Å². The molecule has 1 unspecified atom stereocenters. The van der Waals surface area contributed by atoms with Gasteiger partial charge in [0.1, 0.15) is 17.3 Å². The number of aliphatic hydroxyl groups excluding tert-OH is 1. The fraction of sp³-hybridized carbons (Fsp3) is 0.130. The first-order valence-electron chi connectivity index (χ1n) is 9.20. The van der Waals surface area contributed by atoms with Crippen LogP contribution in [0, 0.1) is 0 Å². The molecule has 1 atom stereocenters. The maximum absolute atomic E-state index is 12.9. The Kier molecular flexibility index (Phi) is 5.33. The Morgan fingerprint density at radius 1 is 1.10 bits per heavy atom. The molecule has 0 aliphatic carbocycles.